The molecular formula is C11H23N3O4S. The van der Waals surface area contributed by atoms with Crippen molar-refractivity contribution in [1.29, 1.82) is 0 Å². The van der Waals surface area contributed by atoms with Crippen LogP contribution in [0.2, 0.25) is 0 Å². The molecule has 1 amide bonds. The van der Waals surface area contributed by atoms with E-state index in [0.29, 0.717) is 13.1 Å². The lowest BCUT2D eigenvalue weighted by atomic mass is 9.93. The van der Waals surface area contributed by atoms with Gasteiger partial charge in [0.15, 0.2) is 0 Å². The van der Waals surface area contributed by atoms with Gasteiger partial charge in [-0.05, 0) is 32.2 Å². The Balaban J connectivity index is 2.66. The minimum atomic E-state index is -3.80. The summed E-state index contributed by atoms with van der Waals surface area (Å²) < 4.78 is 31.5. The second kappa shape index (κ2) is 7.06. The number of carbonyl (C=O) groups is 1. The van der Waals surface area contributed by atoms with Gasteiger partial charge < -0.3 is 10.1 Å². The molecule has 1 aliphatic rings. The molecule has 8 heteroatoms. The summed E-state index contributed by atoms with van der Waals surface area (Å²) in [5.74, 6) is 0.253. The Morgan fingerprint density at radius 3 is 2.79 bits per heavy atom. The topological polar surface area (TPSA) is 87.7 Å². The summed E-state index contributed by atoms with van der Waals surface area (Å²) in [6.45, 7) is 5.78. The Bertz CT molecular complexity index is 399. The average Bonchev–Trinajstić information content (AvgIpc) is 2.38. The van der Waals surface area contributed by atoms with Gasteiger partial charge in [-0.2, -0.15) is 12.7 Å². The highest BCUT2D eigenvalue weighted by Crippen LogP contribution is 2.21. The fraction of sp³-hybridized carbons (Fsp3) is 0.909. The zero-order valence-electron chi connectivity index (χ0n) is 11.7. The van der Waals surface area contributed by atoms with Gasteiger partial charge in [-0.25, -0.2) is 9.52 Å². The number of methoxy groups -OCH3 is 1. The number of hydrogen-bond donors (Lipinski definition) is 2. The molecule has 2 N–H and O–H groups in total. The molecule has 0 aromatic carbocycles. The molecule has 0 saturated carbocycles. The fourth-order valence-corrected chi connectivity index (χ4v) is 3.48. The molecule has 2 unspecified atom stereocenters. The third-order valence-corrected chi connectivity index (χ3v) is 4.83. The van der Waals surface area contributed by atoms with Crippen molar-refractivity contribution in [2.45, 2.75) is 32.7 Å². The Morgan fingerprint density at radius 2 is 2.21 bits per heavy atom. The maximum Gasteiger partial charge on any atom is 0.421 e. The molecule has 0 bridgehead atoms. The van der Waals surface area contributed by atoms with Crippen molar-refractivity contribution in [3.63, 3.8) is 0 Å². The van der Waals surface area contributed by atoms with Gasteiger partial charge in [-0.3, -0.25) is 0 Å². The van der Waals surface area contributed by atoms with Crippen LogP contribution in [0, 0.1) is 5.92 Å². The van der Waals surface area contributed by atoms with Gasteiger partial charge in [0.25, 0.3) is 0 Å². The number of carbonyl (C=O) groups excluding carboxylic acids is 1. The fourth-order valence-electron chi connectivity index (χ4n) is 2.30. The van der Waals surface area contributed by atoms with Crippen molar-refractivity contribution in [3.8, 4) is 0 Å². The number of piperidine rings is 1. The Hall–Kier alpha value is -0.860. The summed E-state index contributed by atoms with van der Waals surface area (Å²) in [6.07, 6.45) is 0.822. The molecule has 1 rings (SSSR count). The first-order chi connectivity index (χ1) is 8.90. The summed E-state index contributed by atoms with van der Waals surface area (Å²) in [6, 6.07) is 0.251. The summed E-state index contributed by atoms with van der Waals surface area (Å²) >= 11 is 0. The smallest absolute Gasteiger partial charge is 0.421 e. The van der Waals surface area contributed by atoms with E-state index in [0.717, 1.165) is 26.5 Å². The molecule has 0 aromatic heterocycles. The van der Waals surface area contributed by atoms with Gasteiger partial charge in [-0.15, -0.1) is 0 Å². The van der Waals surface area contributed by atoms with E-state index in [2.05, 4.69) is 17.0 Å². The van der Waals surface area contributed by atoms with Crippen LogP contribution in [0.3, 0.4) is 0 Å². The first-order valence-electron chi connectivity index (χ1n) is 6.50. The number of nitrogens with one attached hydrogen (secondary N) is 2. The summed E-state index contributed by atoms with van der Waals surface area (Å²) in [7, 11) is -2.66. The van der Waals surface area contributed by atoms with Crippen molar-refractivity contribution >= 4 is 16.3 Å². The molecule has 0 radical (unpaired) electrons. The molecule has 0 spiro atoms. The third kappa shape index (κ3) is 4.63. The van der Waals surface area contributed by atoms with Gasteiger partial charge >= 0.3 is 16.3 Å². The minimum absolute atomic E-state index is 0.251. The molecule has 0 aromatic rings. The Morgan fingerprint density at radius 1 is 1.53 bits per heavy atom. The van der Waals surface area contributed by atoms with Gasteiger partial charge in [0.05, 0.1) is 7.11 Å². The lowest BCUT2D eigenvalue weighted by Gasteiger charge is -2.34. The number of ether oxygens (including phenoxy) is 1. The normalized spacial score (nSPS) is 22.8. The molecule has 1 fully saturated rings. The monoisotopic (exact) mass is 293 g/mol. The molecule has 19 heavy (non-hydrogen) atoms. The van der Waals surface area contributed by atoms with Gasteiger partial charge in [0.2, 0.25) is 0 Å². The van der Waals surface area contributed by atoms with E-state index in [1.54, 1.807) is 0 Å². The summed E-state index contributed by atoms with van der Waals surface area (Å²) in [5.41, 5.74) is 0. The SMILES string of the molecule is CCNC(C)C1CCCN(S(=O)(=O)NC(=O)OC)C1. The highest BCUT2D eigenvalue weighted by atomic mass is 32.2. The van der Waals surface area contributed by atoms with Crippen molar-refractivity contribution in [2.75, 3.05) is 26.7 Å². The molecule has 0 aliphatic carbocycles. The van der Waals surface area contributed by atoms with Crippen LogP contribution in [0.5, 0.6) is 0 Å². The quantitative estimate of drug-likeness (QED) is 0.761. The second-order valence-electron chi connectivity index (χ2n) is 4.71. The Labute approximate surface area is 114 Å². The van der Waals surface area contributed by atoms with E-state index in [1.807, 2.05) is 11.6 Å². The first kappa shape index (κ1) is 16.2. The van der Waals surface area contributed by atoms with Gasteiger partial charge in [-0.1, -0.05) is 6.92 Å². The highest BCUT2D eigenvalue weighted by Gasteiger charge is 2.32. The second-order valence-corrected chi connectivity index (χ2v) is 6.38. The largest absolute Gasteiger partial charge is 0.452 e. The summed E-state index contributed by atoms with van der Waals surface area (Å²) in [5, 5.41) is 3.31. The van der Waals surface area contributed by atoms with E-state index in [4.69, 9.17) is 0 Å². The molecule has 7 nitrogen and oxygen atoms in total. The van der Waals surface area contributed by atoms with Crippen molar-refractivity contribution in [2.24, 2.45) is 5.92 Å². The van der Waals surface area contributed by atoms with Crippen LogP contribution in [0.1, 0.15) is 26.7 Å². The zero-order chi connectivity index (χ0) is 14.5. The van der Waals surface area contributed by atoms with Crippen LogP contribution in [-0.4, -0.2) is 51.6 Å². The van der Waals surface area contributed by atoms with Gasteiger partial charge in [0, 0.05) is 19.1 Å². The van der Waals surface area contributed by atoms with Gasteiger partial charge in [0.1, 0.15) is 0 Å². The van der Waals surface area contributed by atoms with Crippen LogP contribution >= 0.6 is 0 Å². The van der Waals surface area contributed by atoms with E-state index >= 15 is 0 Å². The molecule has 1 aliphatic heterocycles. The molecule has 2 atom stereocenters. The van der Waals surface area contributed by atoms with Crippen LogP contribution in [0.15, 0.2) is 0 Å². The third-order valence-electron chi connectivity index (χ3n) is 3.39. The van der Waals surface area contributed by atoms with E-state index in [-0.39, 0.29) is 12.0 Å². The molecule has 112 valence electrons. The van der Waals surface area contributed by atoms with Crippen LogP contribution in [0.4, 0.5) is 4.79 Å². The summed E-state index contributed by atoms with van der Waals surface area (Å²) in [4.78, 5) is 11.0. The lowest BCUT2D eigenvalue weighted by molar-refractivity contribution is 0.175. The number of nitrogens with zero attached hydrogens (tertiary/aromatic N) is 1. The van der Waals surface area contributed by atoms with E-state index in [9.17, 15) is 13.2 Å². The van der Waals surface area contributed by atoms with E-state index < -0.39 is 16.3 Å². The number of hydrogen-bond acceptors (Lipinski definition) is 5. The maximum absolute atomic E-state index is 12.0. The Kier molecular flexibility index (Phi) is 6.02. The van der Waals surface area contributed by atoms with Crippen molar-refractivity contribution in [1.82, 2.24) is 14.3 Å². The molecule has 1 heterocycles. The standard InChI is InChI=1S/C11H23N3O4S/c1-4-12-9(2)10-6-5-7-14(8-10)19(16,17)13-11(15)18-3/h9-10,12H,4-8H2,1-3H3,(H,13,15). The van der Waals surface area contributed by atoms with Crippen LogP contribution in [-0.2, 0) is 14.9 Å². The van der Waals surface area contributed by atoms with Crippen molar-refractivity contribution in [3.05, 3.63) is 0 Å². The predicted octanol–water partition coefficient (Wildman–Crippen LogP) is 0.297. The maximum atomic E-state index is 12.0. The van der Waals surface area contributed by atoms with Crippen LogP contribution < -0.4 is 10.0 Å². The van der Waals surface area contributed by atoms with E-state index in [1.165, 1.54) is 4.31 Å². The minimum Gasteiger partial charge on any atom is -0.452 e. The first-order valence-corrected chi connectivity index (χ1v) is 7.94. The predicted molar refractivity (Wildman–Crippen MR) is 71.9 cm³/mol. The molecular weight excluding hydrogens is 270 g/mol. The molecule has 1 saturated heterocycles. The zero-order valence-corrected chi connectivity index (χ0v) is 12.5. The lowest BCUT2D eigenvalue weighted by Crippen LogP contribution is -2.51. The number of rotatable bonds is 5. The average molecular weight is 293 g/mol. The number of amides is 1. The van der Waals surface area contributed by atoms with Crippen LogP contribution in [0.25, 0.3) is 0 Å². The highest BCUT2D eigenvalue weighted by molar-refractivity contribution is 7.87. The van der Waals surface area contributed by atoms with Crippen molar-refractivity contribution < 1.29 is 17.9 Å².